The Morgan fingerprint density at radius 2 is 2.00 bits per heavy atom. The molecule has 0 bridgehead atoms. The van der Waals surface area contributed by atoms with Crippen molar-refractivity contribution >= 4 is 21.7 Å². The van der Waals surface area contributed by atoms with Crippen molar-refractivity contribution in [2.24, 2.45) is 0 Å². The minimum atomic E-state index is -3.61. The van der Waals surface area contributed by atoms with Gasteiger partial charge < -0.3 is 9.84 Å². The number of ether oxygens (including phenoxy) is 1. The summed E-state index contributed by atoms with van der Waals surface area (Å²) < 4.78 is 32.2. The average Bonchev–Trinajstić information content (AvgIpc) is 2.41. The van der Waals surface area contributed by atoms with Crippen LogP contribution in [0, 0.1) is 6.92 Å². The summed E-state index contributed by atoms with van der Waals surface area (Å²) in [7, 11) is -3.61. The number of para-hydroxylation sites is 1. The maximum Gasteiger partial charge on any atom is 0.337 e. The topological polar surface area (TPSA) is 92.7 Å². The van der Waals surface area contributed by atoms with Gasteiger partial charge in [-0.15, -0.1) is 0 Å². The zero-order valence-corrected chi connectivity index (χ0v) is 11.9. The van der Waals surface area contributed by atoms with Gasteiger partial charge in [0.25, 0.3) is 0 Å². The van der Waals surface area contributed by atoms with Gasteiger partial charge in [-0.1, -0.05) is 12.1 Å². The average molecular weight is 299 g/mol. The van der Waals surface area contributed by atoms with Crippen LogP contribution in [0.2, 0.25) is 0 Å². The Bertz CT molecular complexity index is 605. The first-order chi connectivity index (χ1) is 9.42. The number of hydrogen-bond donors (Lipinski definition) is 2. The number of hydrogen-bond acceptors (Lipinski definition) is 4. The van der Waals surface area contributed by atoms with E-state index in [0.717, 1.165) is 0 Å². The molecule has 1 aliphatic rings. The fraction of sp³-hybridized carbons (Fsp3) is 0.462. The summed E-state index contributed by atoms with van der Waals surface area (Å²) in [4.78, 5) is 11.2. The molecule has 0 aromatic heterocycles. The largest absolute Gasteiger partial charge is 0.478 e. The highest BCUT2D eigenvalue weighted by atomic mass is 32.2. The van der Waals surface area contributed by atoms with Crippen LogP contribution >= 0.6 is 0 Å². The molecular formula is C13H17NO5S. The maximum atomic E-state index is 12.3. The molecule has 0 aliphatic carbocycles. The Morgan fingerprint density at radius 3 is 2.60 bits per heavy atom. The van der Waals surface area contributed by atoms with Crippen LogP contribution in [0.1, 0.15) is 28.8 Å². The number of nitrogens with one attached hydrogen (secondary N) is 1. The molecule has 110 valence electrons. The van der Waals surface area contributed by atoms with E-state index in [0.29, 0.717) is 31.6 Å². The van der Waals surface area contributed by atoms with Gasteiger partial charge >= 0.3 is 5.97 Å². The number of carbonyl (C=O) groups is 1. The maximum absolute atomic E-state index is 12.3. The van der Waals surface area contributed by atoms with Crippen LogP contribution in [0.15, 0.2) is 18.2 Å². The highest BCUT2D eigenvalue weighted by Gasteiger charge is 2.29. The predicted molar refractivity (Wildman–Crippen MR) is 74.5 cm³/mol. The second-order valence-electron chi connectivity index (χ2n) is 4.76. The van der Waals surface area contributed by atoms with Crippen LogP contribution in [0.3, 0.4) is 0 Å². The Morgan fingerprint density at radius 1 is 1.35 bits per heavy atom. The quantitative estimate of drug-likeness (QED) is 0.881. The molecule has 1 heterocycles. The van der Waals surface area contributed by atoms with Crippen LogP contribution in [0.5, 0.6) is 0 Å². The molecule has 2 N–H and O–H groups in total. The molecule has 0 radical (unpaired) electrons. The minimum Gasteiger partial charge on any atom is -0.478 e. The number of rotatable bonds is 4. The number of sulfonamides is 1. The number of carboxylic acids is 1. The van der Waals surface area contributed by atoms with Gasteiger partial charge in [0, 0.05) is 13.2 Å². The number of aromatic carboxylic acids is 1. The lowest BCUT2D eigenvalue weighted by molar-refractivity contribution is 0.0698. The molecule has 0 saturated carbocycles. The zero-order chi connectivity index (χ0) is 14.8. The van der Waals surface area contributed by atoms with Crippen molar-refractivity contribution in [2.45, 2.75) is 25.0 Å². The summed E-state index contributed by atoms with van der Waals surface area (Å²) in [6.07, 6.45) is 0.841. The van der Waals surface area contributed by atoms with Crippen LogP contribution in [-0.4, -0.2) is 38.0 Å². The van der Waals surface area contributed by atoms with Crippen LogP contribution in [-0.2, 0) is 14.8 Å². The van der Waals surface area contributed by atoms with Crippen molar-refractivity contribution in [1.29, 1.82) is 0 Å². The van der Waals surface area contributed by atoms with Crippen LogP contribution in [0.4, 0.5) is 5.69 Å². The second-order valence-corrected chi connectivity index (χ2v) is 6.72. The summed E-state index contributed by atoms with van der Waals surface area (Å²) in [5.74, 6) is -1.15. The van der Waals surface area contributed by atoms with Crippen molar-refractivity contribution in [3.8, 4) is 0 Å². The SMILES string of the molecule is Cc1cccc(C(=O)O)c1NS(=O)(=O)C1CCOCC1. The molecule has 0 atom stereocenters. The first kappa shape index (κ1) is 14.8. The number of anilines is 1. The highest BCUT2D eigenvalue weighted by Crippen LogP contribution is 2.25. The van der Waals surface area contributed by atoms with Crippen molar-refractivity contribution in [1.82, 2.24) is 0 Å². The fourth-order valence-corrected chi connectivity index (χ4v) is 3.73. The molecule has 2 rings (SSSR count). The van der Waals surface area contributed by atoms with E-state index in [9.17, 15) is 13.2 Å². The molecule has 1 fully saturated rings. The number of carboxylic acid groups (broad SMARTS) is 1. The molecule has 0 spiro atoms. The zero-order valence-electron chi connectivity index (χ0n) is 11.1. The monoisotopic (exact) mass is 299 g/mol. The summed E-state index contributed by atoms with van der Waals surface area (Å²) in [6, 6.07) is 4.65. The molecular weight excluding hydrogens is 282 g/mol. The minimum absolute atomic E-state index is 0.0411. The Balaban J connectivity index is 2.31. The van der Waals surface area contributed by atoms with Gasteiger partial charge in [-0.3, -0.25) is 4.72 Å². The summed E-state index contributed by atoms with van der Waals surface area (Å²) in [5, 5.41) is 8.60. The van der Waals surface area contributed by atoms with Crippen LogP contribution in [0.25, 0.3) is 0 Å². The molecule has 7 heteroatoms. The first-order valence-corrected chi connectivity index (χ1v) is 7.89. The van der Waals surface area contributed by atoms with E-state index in [4.69, 9.17) is 9.84 Å². The van der Waals surface area contributed by atoms with Gasteiger partial charge in [0.1, 0.15) is 0 Å². The highest BCUT2D eigenvalue weighted by molar-refractivity contribution is 7.93. The number of aryl methyl sites for hydroxylation is 1. The lowest BCUT2D eigenvalue weighted by Gasteiger charge is -2.23. The van der Waals surface area contributed by atoms with E-state index in [1.807, 2.05) is 0 Å². The lowest BCUT2D eigenvalue weighted by atomic mass is 10.1. The Labute approximate surface area is 117 Å². The number of benzene rings is 1. The van der Waals surface area contributed by atoms with Gasteiger partial charge in [-0.05, 0) is 31.4 Å². The van der Waals surface area contributed by atoms with Gasteiger partial charge in [0.05, 0.1) is 16.5 Å². The van der Waals surface area contributed by atoms with Gasteiger partial charge in [-0.25, -0.2) is 13.2 Å². The fourth-order valence-electron chi connectivity index (χ4n) is 2.19. The molecule has 20 heavy (non-hydrogen) atoms. The third kappa shape index (κ3) is 3.10. The van der Waals surface area contributed by atoms with Crippen molar-refractivity contribution in [2.75, 3.05) is 17.9 Å². The summed E-state index contributed by atoms with van der Waals surface area (Å²) in [6.45, 7) is 2.49. The third-order valence-corrected chi connectivity index (χ3v) is 5.19. The third-order valence-electron chi connectivity index (χ3n) is 3.35. The second kappa shape index (κ2) is 5.80. The van der Waals surface area contributed by atoms with Crippen molar-refractivity contribution in [3.05, 3.63) is 29.3 Å². The van der Waals surface area contributed by atoms with Crippen molar-refractivity contribution in [3.63, 3.8) is 0 Å². The Kier molecular flexibility index (Phi) is 4.29. The Hall–Kier alpha value is -1.60. The van der Waals surface area contributed by atoms with E-state index < -0.39 is 21.2 Å². The van der Waals surface area contributed by atoms with E-state index in [2.05, 4.69) is 4.72 Å². The standard InChI is InChI=1S/C13H17NO5S/c1-9-3-2-4-11(13(15)16)12(9)14-20(17,18)10-5-7-19-8-6-10/h2-4,10,14H,5-8H2,1H3,(H,15,16). The molecule has 6 nitrogen and oxygen atoms in total. The molecule has 1 aromatic carbocycles. The van der Waals surface area contributed by atoms with E-state index in [-0.39, 0.29) is 11.3 Å². The molecule has 1 saturated heterocycles. The lowest BCUT2D eigenvalue weighted by Crippen LogP contribution is -2.33. The van der Waals surface area contributed by atoms with E-state index in [1.54, 1.807) is 19.1 Å². The molecule has 0 unspecified atom stereocenters. The smallest absolute Gasteiger partial charge is 0.337 e. The van der Waals surface area contributed by atoms with Gasteiger partial charge in [0.15, 0.2) is 0 Å². The van der Waals surface area contributed by atoms with Gasteiger partial charge in [-0.2, -0.15) is 0 Å². The first-order valence-electron chi connectivity index (χ1n) is 6.34. The molecule has 1 aliphatic heterocycles. The predicted octanol–water partition coefficient (Wildman–Crippen LogP) is 1.61. The van der Waals surface area contributed by atoms with Crippen LogP contribution < -0.4 is 4.72 Å². The van der Waals surface area contributed by atoms with E-state index >= 15 is 0 Å². The van der Waals surface area contributed by atoms with Crippen molar-refractivity contribution < 1.29 is 23.1 Å². The van der Waals surface area contributed by atoms with E-state index in [1.165, 1.54) is 6.07 Å². The summed E-state index contributed by atoms with van der Waals surface area (Å²) in [5.41, 5.74) is 0.688. The normalized spacial score (nSPS) is 16.9. The molecule has 0 amide bonds. The molecule has 1 aromatic rings. The van der Waals surface area contributed by atoms with Gasteiger partial charge in [0.2, 0.25) is 10.0 Å². The summed E-state index contributed by atoms with van der Waals surface area (Å²) >= 11 is 0.